The molecule has 3 nitrogen and oxygen atoms in total. The maximum atomic E-state index is 12.2. The molecule has 25 heavy (non-hydrogen) atoms. The number of hydrogen-bond acceptors (Lipinski definition) is 2. The second-order valence-corrected chi connectivity index (χ2v) is 13.8. The minimum absolute atomic E-state index is 0.00834. The van der Waals surface area contributed by atoms with Crippen molar-refractivity contribution in [2.75, 3.05) is 0 Å². The fourth-order valence-corrected chi connectivity index (χ4v) is 5.33. The van der Waals surface area contributed by atoms with Crippen LogP contribution in [0.1, 0.15) is 44.6 Å². The molecule has 0 spiro atoms. The zero-order valence-electron chi connectivity index (χ0n) is 16.0. The number of fused-ring (bicyclic) bond motifs is 5. The summed E-state index contributed by atoms with van der Waals surface area (Å²) in [6.07, 6.45) is 2.44. The topological polar surface area (TPSA) is 31.2 Å². The van der Waals surface area contributed by atoms with E-state index in [9.17, 15) is 4.79 Å². The summed E-state index contributed by atoms with van der Waals surface area (Å²) in [7, 11) is 0.188. The third-order valence-corrected chi connectivity index (χ3v) is 10.9. The minimum atomic E-state index is -1.94. The first-order chi connectivity index (χ1) is 11.6. The molecule has 0 saturated carbocycles. The Hall–Kier alpha value is -1.65. The van der Waals surface area contributed by atoms with Gasteiger partial charge in [0.1, 0.15) is 0 Å². The molecule has 0 fully saturated rings. The van der Waals surface area contributed by atoms with Gasteiger partial charge in [-0.05, 0) is 35.8 Å². The summed E-state index contributed by atoms with van der Waals surface area (Å²) in [6.45, 7) is 11.4. The van der Waals surface area contributed by atoms with Crippen molar-refractivity contribution in [1.29, 1.82) is 0 Å². The molecular formula is C21H27NO2Si. The fraction of sp³-hybridized carbons (Fsp3) is 0.476. The van der Waals surface area contributed by atoms with Crippen molar-refractivity contribution in [3.8, 4) is 0 Å². The lowest BCUT2D eigenvalue weighted by Gasteiger charge is -2.40. The molecule has 4 heteroatoms. The molecule has 4 rings (SSSR count). The van der Waals surface area contributed by atoms with Gasteiger partial charge in [-0.3, -0.25) is 4.79 Å². The summed E-state index contributed by atoms with van der Waals surface area (Å²) in [5, 5.41) is 1.39. The lowest BCUT2D eigenvalue weighted by Crippen LogP contribution is -2.42. The van der Waals surface area contributed by atoms with E-state index < -0.39 is 8.32 Å². The molecule has 2 aliphatic rings. The summed E-state index contributed by atoms with van der Waals surface area (Å²) in [4.78, 5) is 12.2. The van der Waals surface area contributed by atoms with Crippen molar-refractivity contribution < 1.29 is 9.22 Å². The largest absolute Gasteiger partial charge is 0.408 e. The zero-order chi connectivity index (χ0) is 18.1. The van der Waals surface area contributed by atoms with E-state index in [0.29, 0.717) is 6.42 Å². The maximum Gasteiger partial charge on any atom is 0.193 e. The number of aromatic nitrogens is 1. The number of hydrogen-bond donors (Lipinski definition) is 0. The van der Waals surface area contributed by atoms with Crippen molar-refractivity contribution in [3.05, 3.63) is 41.6 Å². The lowest BCUT2D eigenvalue weighted by atomic mass is 9.99. The minimum Gasteiger partial charge on any atom is -0.408 e. The SMILES string of the molecule is Cn1c2c(c3ccccc31)C1=CC(=O)C[C@@H]1[C@H]2O[Si](C)(C)C(C)(C)C. The van der Waals surface area contributed by atoms with Crippen LogP contribution in [0.25, 0.3) is 16.5 Å². The van der Waals surface area contributed by atoms with E-state index in [0.717, 1.165) is 0 Å². The molecule has 0 saturated heterocycles. The van der Waals surface area contributed by atoms with Crippen molar-refractivity contribution in [2.45, 2.75) is 51.4 Å². The number of benzene rings is 1. The van der Waals surface area contributed by atoms with Gasteiger partial charge in [0.15, 0.2) is 14.1 Å². The van der Waals surface area contributed by atoms with Crippen LogP contribution in [0.4, 0.5) is 0 Å². The van der Waals surface area contributed by atoms with E-state index >= 15 is 0 Å². The van der Waals surface area contributed by atoms with Crippen molar-refractivity contribution >= 4 is 30.6 Å². The molecule has 0 unspecified atom stereocenters. The summed E-state index contributed by atoms with van der Waals surface area (Å²) in [5.41, 5.74) is 4.92. The van der Waals surface area contributed by atoms with Crippen LogP contribution in [0.15, 0.2) is 30.3 Å². The Morgan fingerprint density at radius 3 is 2.56 bits per heavy atom. The highest BCUT2D eigenvalue weighted by molar-refractivity contribution is 6.74. The van der Waals surface area contributed by atoms with Crippen LogP contribution in [0.3, 0.4) is 0 Å². The summed E-state index contributed by atoms with van der Waals surface area (Å²) < 4.78 is 9.17. The Morgan fingerprint density at radius 1 is 1.20 bits per heavy atom. The van der Waals surface area contributed by atoms with Crippen LogP contribution >= 0.6 is 0 Å². The van der Waals surface area contributed by atoms with E-state index in [1.807, 2.05) is 6.08 Å². The lowest BCUT2D eigenvalue weighted by molar-refractivity contribution is -0.115. The zero-order valence-corrected chi connectivity index (χ0v) is 17.0. The highest BCUT2D eigenvalue weighted by Gasteiger charge is 2.49. The van der Waals surface area contributed by atoms with Gasteiger partial charge in [0.25, 0.3) is 0 Å². The molecule has 1 aromatic heterocycles. The third kappa shape index (κ3) is 2.31. The highest BCUT2D eigenvalue weighted by atomic mass is 28.4. The summed E-state index contributed by atoms with van der Waals surface area (Å²) in [5.74, 6) is 0.421. The van der Waals surface area contributed by atoms with Gasteiger partial charge in [-0.1, -0.05) is 39.0 Å². The van der Waals surface area contributed by atoms with Gasteiger partial charge in [0.05, 0.1) is 11.8 Å². The number of ketones is 1. The van der Waals surface area contributed by atoms with Crippen LogP contribution < -0.4 is 0 Å². The molecule has 0 bridgehead atoms. The predicted molar refractivity (Wildman–Crippen MR) is 105 cm³/mol. The molecule has 0 radical (unpaired) electrons. The monoisotopic (exact) mass is 353 g/mol. The summed E-state index contributed by atoms with van der Waals surface area (Å²) >= 11 is 0. The Kier molecular flexibility index (Phi) is 3.48. The van der Waals surface area contributed by atoms with Crippen LogP contribution in [0.2, 0.25) is 18.1 Å². The highest BCUT2D eigenvalue weighted by Crippen LogP contribution is 2.56. The van der Waals surface area contributed by atoms with E-state index in [1.54, 1.807) is 0 Å². The Balaban J connectivity index is 1.91. The first-order valence-electron chi connectivity index (χ1n) is 9.12. The van der Waals surface area contributed by atoms with Gasteiger partial charge in [0, 0.05) is 35.9 Å². The first-order valence-corrected chi connectivity index (χ1v) is 12.0. The molecule has 132 valence electrons. The number of allylic oxidation sites excluding steroid dienone is 1. The van der Waals surface area contributed by atoms with Crippen LogP contribution in [-0.4, -0.2) is 18.7 Å². The van der Waals surface area contributed by atoms with Crippen molar-refractivity contribution in [2.24, 2.45) is 13.0 Å². The molecule has 1 heterocycles. The van der Waals surface area contributed by atoms with Gasteiger partial charge in [-0.15, -0.1) is 0 Å². The van der Waals surface area contributed by atoms with Crippen molar-refractivity contribution in [3.63, 3.8) is 0 Å². The normalized spacial score (nSPS) is 23.1. The average Bonchev–Trinajstić information content (AvgIpc) is 3.10. The van der Waals surface area contributed by atoms with E-state index in [2.05, 4.69) is 69.7 Å². The predicted octanol–water partition coefficient (Wildman–Crippen LogP) is 5.23. The third-order valence-electron chi connectivity index (χ3n) is 6.44. The number of rotatable bonds is 2. The molecule has 0 aliphatic heterocycles. The van der Waals surface area contributed by atoms with Crippen LogP contribution in [-0.2, 0) is 16.3 Å². The summed E-state index contributed by atoms with van der Waals surface area (Å²) in [6, 6.07) is 8.48. The first kappa shape index (κ1) is 16.8. The number of para-hydroxylation sites is 1. The number of carbonyl (C=O) groups is 1. The molecule has 2 atom stereocenters. The number of carbonyl (C=O) groups excluding carboxylic acids is 1. The Bertz CT molecular complexity index is 914. The van der Waals surface area contributed by atoms with Crippen LogP contribution in [0.5, 0.6) is 0 Å². The smallest absolute Gasteiger partial charge is 0.193 e. The Morgan fingerprint density at radius 2 is 1.88 bits per heavy atom. The second kappa shape index (κ2) is 5.18. The average molecular weight is 354 g/mol. The van der Waals surface area contributed by atoms with E-state index in [1.165, 1.54) is 27.7 Å². The molecule has 1 aromatic carbocycles. The number of aryl methyl sites for hydroxylation is 1. The molecule has 0 N–H and O–H groups in total. The molecule has 2 aromatic rings. The van der Waals surface area contributed by atoms with Crippen molar-refractivity contribution in [1.82, 2.24) is 4.57 Å². The van der Waals surface area contributed by atoms with Gasteiger partial charge in [-0.25, -0.2) is 0 Å². The van der Waals surface area contributed by atoms with E-state index in [-0.39, 0.29) is 22.8 Å². The number of nitrogens with zero attached hydrogens (tertiary/aromatic N) is 1. The van der Waals surface area contributed by atoms with Gasteiger partial charge in [0.2, 0.25) is 0 Å². The molecular weight excluding hydrogens is 326 g/mol. The van der Waals surface area contributed by atoms with Gasteiger partial charge < -0.3 is 8.99 Å². The quantitative estimate of drug-likeness (QED) is 0.693. The fourth-order valence-electron chi connectivity index (χ4n) is 4.07. The second-order valence-electron chi connectivity index (χ2n) is 9.01. The van der Waals surface area contributed by atoms with E-state index in [4.69, 9.17) is 4.43 Å². The molecule has 0 amide bonds. The van der Waals surface area contributed by atoms with Gasteiger partial charge in [-0.2, -0.15) is 0 Å². The van der Waals surface area contributed by atoms with Crippen LogP contribution in [0, 0.1) is 5.92 Å². The Labute approximate surface area is 150 Å². The molecule has 2 aliphatic carbocycles. The standard InChI is InChI=1S/C21H27NO2Si/c1-21(2,3)25(5,6)24-20-16-12-13(23)11-15(16)18-14-9-7-8-10-17(14)22(4)19(18)20/h7-11,16,20H,12H2,1-6H3/t16-,20+/m0/s1. The maximum absolute atomic E-state index is 12.2. The van der Waals surface area contributed by atoms with Gasteiger partial charge >= 0.3 is 0 Å².